The van der Waals surface area contributed by atoms with Crippen molar-refractivity contribution >= 4 is 32.3 Å². The van der Waals surface area contributed by atoms with Gasteiger partial charge in [0.15, 0.2) is 0 Å². The maximum absolute atomic E-state index is 2.33. The summed E-state index contributed by atoms with van der Waals surface area (Å²) < 4.78 is 0. The molecule has 0 aliphatic rings. The van der Waals surface area contributed by atoms with Crippen molar-refractivity contribution in [2.24, 2.45) is 0 Å². The fourth-order valence-corrected chi connectivity index (χ4v) is 3.91. The molecule has 4 aromatic carbocycles. The van der Waals surface area contributed by atoms with E-state index in [9.17, 15) is 0 Å². The summed E-state index contributed by atoms with van der Waals surface area (Å²) in [6.07, 6.45) is 1.12. The molecule has 4 rings (SSSR count). The molecule has 0 aliphatic heterocycles. The summed E-state index contributed by atoms with van der Waals surface area (Å²) in [6, 6.07) is 20.7. The van der Waals surface area contributed by atoms with Gasteiger partial charge in [-0.05, 0) is 58.4 Å². The van der Waals surface area contributed by atoms with Crippen molar-refractivity contribution in [1.82, 2.24) is 4.90 Å². The summed E-state index contributed by atoms with van der Waals surface area (Å²) in [6.45, 7) is 2.27. The Hall–Kier alpha value is -2.12. The van der Waals surface area contributed by atoms with Crippen LogP contribution < -0.4 is 0 Å². The second kappa shape index (κ2) is 4.96. The predicted octanol–water partition coefficient (Wildman–Crippen LogP) is 5.60. The normalized spacial score (nSPS) is 13.6. The third kappa shape index (κ3) is 1.82. The molecule has 110 valence electrons. The van der Waals surface area contributed by atoms with Gasteiger partial charge in [0.05, 0.1) is 0 Å². The van der Waals surface area contributed by atoms with Gasteiger partial charge in [0.1, 0.15) is 0 Å². The lowest BCUT2D eigenvalue weighted by atomic mass is 9.89. The van der Waals surface area contributed by atoms with E-state index < -0.39 is 0 Å². The van der Waals surface area contributed by atoms with Crippen LogP contribution in [0.1, 0.15) is 24.9 Å². The van der Waals surface area contributed by atoms with E-state index in [-0.39, 0.29) is 0 Å². The smallest absolute Gasteiger partial charge is 0.0345 e. The zero-order valence-electron chi connectivity index (χ0n) is 13.4. The van der Waals surface area contributed by atoms with Gasteiger partial charge in [0.2, 0.25) is 0 Å². The molecule has 0 fully saturated rings. The molecule has 0 saturated carbocycles. The molecule has 0 aromatic heterocycles. The Morgan fingerprint density at radius 2 is 1.36 bits per heavy atom. The molecule has 1 nitrogen and oxygen atoms in total. The average molecular weight is 287 g/mol. The van der Waals surface area contributed by atoms with Gasteiger partial charge in [-0.15, -0.1) is 0 Å². The van der Waals surface area contributed by atoms with Gasteiger partial charge >= 0.3 is 0 Å². The molecule has 0 radical (unpaired) electrons. The Balaban J connectivity index is 2.17. The second-order valence-corrected chi connectivity index (χ2v) is 6.40. The number of hydrogen-bond donors (Lipinski definition) is 0. The molecule has 0 aliphatic carbocycles. The number of nitrogens with zero attached hydrogens (tertiary/aromatic N) is 1. The van der Waals surface area contributed by atoms with Crippen LogP contribution in [-0.2, 0) is 0 Å². The third-order valence-electron chi connectivity index (χ3n) is 4.93. The number of benzene rings is 4. The number of hydrogen-bond acceptors (Lipinski definition) is 1. The molecular formula is C21H21N. The molecule has 0 spiro atoms. The molecule has 0 bridgehead atoms. The van der Waals surface area contributed by atoms with Crippen LogP contribution in [0.25, 0.3) is 32.3 Å². The lowest BCUT2D eigenvalue weighted by Crippen LogP contribution is -2.19. The van der Waals surface area contributed by atoms with Crippen LogP contribution in [0.2, 0.25) is 0 Å². The SMILES string of the molecule is CCC(c1ccc2ccc3cccc4ccc1c2c34)N(C)C. The first-order valence-corrected chi connectivity index (χ1v) is 8.03. The van der Waals surface area contributed by atoms with Gasteiger partial charge in [-0.2, -0.15) is 0 Å². The van der Waals surface area contributed by atoms with Gasteiger partial charge in [-0.1, -0.05) is 61.5 Å². The minimum atomic E-state index is 0.463. The number of rotatable bonds is 3. The van der Waals surface area contributed by atoms with Gasteiger partial charge in [-0.3, -0.25) is 0 Å². The molecule has 1 atom stereocenters. The van der Waals surface area contributed by atoms with Crippen molar-refractivity contribution in [3.8, 4) is 0 Å². The van der Waals surface area contributed by atoms with Crippen LogP contribution in [-0.4, -0.2) is 19.0 Å². The summed E-state index contributed by atoms with van der Waals surface area (Å²) in [5, 5.41) is 8.26. The largest absolute Gasteiger partial charge is 0.302 e. The van der Waals surface area contributed by atoms with Gasteiger partial charge in [0.25, 0.3) is 0 Å². The fourth-order valence-electron chi connectivity index (χ4n) is 3.91. The molecule has 4 aromatic rings. The summed E-state index contributed by atoms with van der Waals surface area (Å²) in [5.41, 5.74) is 1.44. The van der Waals surface area contributed by atoms with Gasteiger partial charge in [-0.25, -0.2) is 0 Å². The Morgan fingerprint density at radius 1 is 0.773 bits per heavy atom. The quantitative estimate of drug-likeness (QED) is 0.443. The van der Waals surface area contributed by atoms with Crippen molar-refractivity contribution in [3.05, 3.63) is 60.2 Å². The van der Waals surface area contributed by atoms with Crippen molar-refractivity contribution < 1.29 is 0 Å². The molecule has 0 heterocycles. The van der Waals surface area contributed by atoms with E-state index in [0.29, 0.717) is 6.04 Å². The highest BCUT2D eigenvalue weighted by Gasteiger charge is 2.17. The molecule has 1 unspecified atom stereocenters. The first-order valence-electron chi connectivity index (χ1n) is 8.03. The van der Waals surface area contributed by atoms with Crippen LogP contribution in [0.3, 0.4) is 0 Å². The molecule has 0 saturated heterocycles. The highest BCUT2D eigenvalue weighted by molar-refractivity contribution is 6.23. The molecule has 22 heavy (non-hydrogen) atoms. The van der Waals surface area contributed by atoms with Crippen LogP contribution in [0.15, 0.2) is 54.6 Å². The average Bonchev–Trinajstić information content (AvgIpc) is 2.54. The molecule has 1 heteroatoms. The maximum atomic E-state index is 2.33. The lowest BCUT2D eigenvalue weighted by molar-refractivity contribution is 0.294. The van der Waals surface area contributed by atoms with E-state index >= 15 is 0 Å². The van der Waals surface area contributed by atoms with E-state index in [1.54, 1.807) is 0 Å². The Kier molecular flexibility index (Phi) is 3.05. The van der Waals surface area contributed by atoms with Crippen molar-refractivity contribution in [2.75, 3.05) is 14.1 Å². The van der Waals surface area contributed by atoms with Gasteiger partial charge < -0.3 is 4.90 Å². The molecule has 0 N–H and O–H groups in total. The minimum Gasteiger partial charge on any atom is -0.302 e. The Labute approximate surface area is 131 Å². The third-order valence-corrected chi connectivity index (χ3v) is 4.93. The highest BCUT2D eigenvalue weighted by atomic mass is 15.1. The van der Waals surface area contributed by atoms with E-state index in [1.807, 2.05) is 0 Å². The van der Waals surface area contributed by atoms with E-state index in [2.05, 4.69) is 80.5 Å². The standard InChI is InChI=1S/C21H21N/c1-4-19(22(2)3)17-12-10-16-9-8-14-6-5-7-15-11-13-18(17)21(16)20(14)15/h5-13,19H,4H2,1-3H3. The summed E-state index contributed by atoms with van der Waals surface area (Å²) in [4.78, 5) is 2.33. The topological polar surface area (TPSA) is 3.24 Å². The summed E-state index contributed by atoms with van der Waals surface area (Å²) >= 11 is 0. The fraction of sp³-hybridized carbons (Fsp3) is 0.238. The lowest BCUT2D eigenvalue weighted by Gasteiger charge is -2.25. The van der Waals surface area contributed by atoms with Crippen LogP contribution >= 0.6 is 0 Å². The van der Waals surface area contributed by atoms with Gasteiger partial charge in [0, 0.05) is 6.04 Å². The minimum absolute atomic E-state index is 0.463. The Bertz CT molecular complexity index is 936. The second-order valence-electron chi connectivity index (χ2n) is 6.40. The van der Waals surface area contributed by atoms with Crippen LogP contribution in [0.4, 0.5) is 0 Å². The first kappa shape index (κ1) is 13.5. The van der Waals surface area contributed by atoms with E-state index in [1.165, 1.54) is 37.9 Å². The zero-order chi connectivity index (χ0) is 15.3. The van der Waals surface area contributed by atoms with Crippen molar-refractivity contribution in [1.29, 1.82) is 0 Å². The molecule has 0 amide bonds. The predicted molar refractivity (Wildman–Crippen MR) is 96.9 cm³/mol. The first-order chi connectivity index (χ1) is 10.7. The van der Waals surface area contributed by atoms with Crippen molar-refractivity contribution in [2.45, 2.75) is 19.4 Å². The Morgan fingerprint density at radius 3 is 2.00 bits per heavy atom. The van der Waals surface area contributed by atoms with E-state index in [0.717, 1.165) is 6.42 Å². The van der Waals surface area contributed by atoms with Crippen molar-refractivity contribution in [3.63, 3.8) is 0 Å². The van der Waals surface area contributed by atoms with Crippen LogP contribution in [0, 0.1) is 0 Å². The van der Waals surface area contributed by atoms with Crippen LogP contribution in [0.5, 0.6) is 0 Å². The monoisotopic (exact) mass is 287 g/mol. The molecular weight excluding hydrogens is 266 g/mol. The van der Waals surface area contributed by atoms with E-state index in [4.69, 9.17) is 0 Å². The summed E-state index contributed by atoms with van der Waals surface area (Å²) in [7, 11) is 4.35. The summed E-state index contributed by atoms with van der Waals surface area (Å²) in [5.74, 6) is 0. The zero-order valence-corrected chi connectivity index (χ0v) is 13.4. The highest BCUT2D eigenvalue weighted by Crippen LogP contribution is 2.38. The maximum Gasteiger partial charge on any atom is 0.0345 e.